The minimum atomic E-state index is -0.709. The van der Waals surface area contributed by atoms with Crippen molar-refractivity contribution >= 4 is 34.8 Å². The van der Waals surface area contributed by atoms with Gasteiger partial charge in [-0.15, -0.1) is 0 Å². The summed E-state index contributed by atoms with van der Waals surface area (Å²) in [4.78, 5) is 12.2. The van der Waals surface area contributed by atoms with Crippen LogP contribution in [-0.2, 0) is 4.79 Å². The van der Waals surface area contributed by atoms with Gasteiger partial charge in [-0.25, -0.2) is 0 Å². The molecule has 0 unspecified atom stereocenters. The van der Waals surface area contributed by atoms with Crippen LogP contribution >= 0.6 is 23.2 Å². The Labute approximate surface area is 151 Å². The van der Waals surface area contributed by atoms with Crippen molar-refractivity contribution in [3.63, 3.8) is 0 Å². The Hall–Kier alpha value is -1.91. The van der Waals surface area contributed by atoms with Gasteiger partial charge in [0.25, 0.3) is 5.91 Å². The van der Waals surface area contributed by atoms with Crippen molar-refractivity contribution in [1.82, 2.24) is 0 Å². The smallest absolute Gasteiger partial charge is 0.265 e. The van der Waals surface area contributed by atoms with Crippen LogP contribution in [0.5, 0.6) is 11.5 Å². The van der Waals surface area contributed by atoms with Gasteiger partial charge in [-0.1, -0.05) is 30.1 Å². The van der Waals surface area contributed by atoms with Gasteiger partial charge in [-0.05, 0) is 55.8 Å². The molecule has 0 radical (unpaired) electrons. The van der Waals surface area contributed by atoms with Gasteiger partial charge in [0, 0.05) is 10.7 Å². The molecule has 2 aromatic carbocycles. The van der Waals surface area contributed by atoms with Crippen LogP contribution in [0.15, 0.2) is 42.5 Å². The van der Waals surface area contributed by atoms with Crippen molar-refractivity contribution in [3.05, 3.63) is 52.5 Å². The fourth-order valence-corrected chi connectivity index (χ4v) is 2.37. The van der Waals surface area contributed by atoms with Crippen molar-refractivity contribution < 1.29 is 14.3 Å². The molecule has 1 amide bonds. The first-order chi connectivity index (χ1) is 11.5. The van der Waals surface area contributed by atoms with Crippen molar-refractivity contribution in [2.45, 2.75) is 26.4 Å². The fourth-order valence-electron chi connectivity index (χ4n) is 1.91. The largest absolute Gasteiger partial charge is 0.494 e. The van der Waals surface area contributed by atoms with Gasteiger partial charge in [-0.3, -0.25) is 4.79 Å². The number of ether oxygens (including phenoxy) is 2. The summed E-state index contributed by atoms with van der Waals surface area (Å²) in [6.45, 7) is 4.36. The molecule has 0 aliphatic heterocycles. The third-order valence-electron chi connectivity index (χ3n) is 3.16. The van der Waals surface area contributed by atoms with Crippen LogP contribution in [0.3, 0.4) is 0 Å². The normalized spacial score (nSPS) is 11.7. The van der Waals surface area contributed by atoms with E-state index in [1.165, 1.54) is 0 Å². The molecule has 0 aliphatic rings. The van der Waals surface area contributed by atoms with Crippen molar-refractivity contribution in [3.8, 4) is 11.5 Å². The van der Waals surface area contributed by atoms with Gasteiger partial charge in [0.05, 0.1) is 11.6 Å². The zero-order valence-electron chi connectivity index (χ0n) is 13.5. The lowest BCUT2D eigenvalue weighted by molar-refractivity contribution is -0.122. The molecule has 0 aromatic heterocycles. The van der Waals surface area contributed by atoms with E-state index in [1.54, 1.807) is 37.3 Å². The van der Waals surface area contributed by atoms with E-state index in [1.807, 2.05) is 19.1 Å². The first kappa shape index (κ1) is 18.4. The van der Waals surface area contributed by atoms with Crippen molar-refractivity contribution in [2.24, 2.45) is 0 Å². The maximum Gasteiger partial charge on any atom is 0.265 e. The topological polar surface area (TPSA) is 47.6 Å². The predicted molar refractivity (Wildman–Crippen MR) is 97.4 cm³/mol. The zero-order chi connectivity index (χ0) is 17.5. The number of amides is 1. The summed E-state index contributed by atoms with van der Waals surface area (Å²) in [5, 5.41) is 3.66. The van der Waals surface area contributed by atoms with Gasteiger partial charge >= 0.3 is 0 Å². The standard InChI is InChI=1S/C18H19Cl2NO3/c1-3-10-23-15-7-5-14(6-8-15)21-18(22)12(2)24-17-9-4-13(19)11-16(17)20/h4-9,11-12H,3,10H2,1-2H3,(H,21,22)/t12-/m0/s1. The Bertz CT molecular complexity index is 689. The number of carbonyl (C=O) groups is 1. The molecule has 2 aromatic rings. The summed E-state index contributed by atoms with van der Waals surface area (Å²) >= 11 is 11.9. The molecule has 128 valence electrons. The predicted octanol–water partition coefficient (Wildman–Crippen LogP) is 5.19. The van der Waals surface area contributed by atoms with Crippen LogP contribution in [0.4, 0.5) is 5.69 Å². The number of anilines is 1. The Balaban J connectivity index is 1.93. The van der Waals surface area contributed by atoms with E-state index in [0.717, 1.165) is 12.2 Å². The number of benzene rings is 2. The number of nitrogens with one attached hydrogen (secondary N) is 1. The molecule has 0 heterocycles. The van der Waals surface area contributed by atoms with Crippen molar-refractivity contribution in [2.75, 3.05) is 11.9 Å². The van der Waals surface area contributed by atoms with Crippen molar-refractivity contribution in [1.29, 1.82) is 0 Å². The highest BCUT2D eigenvalue weighted by molar-refractivity contribution is 6.35. The molecule has 0 saturated carbocycles. The van der Waals surface area contributed by atoms with Crippen LogP contribution in [0.2, 0.25) is 10.0 Å². The molecular formula is C18H19Cl2NO3. The monoisotopic (exact) mass is 367 g/mol. The van der Waals surface area contributed by atoms with Gasteiger partial charge in [0.1, 0.15) is 11.5 Å². The lowest BCUT2D eigenvalue weighted by atomic mass is 10.2. The number of rotatable bonds is 7. The number of carbonyl (C=O) groups excluding carboxylic acids is 1. The third kappa shape index (κ3) is 5.32. The molecule has 2 rings (SSSR count). The highest BCUT2D eigenvalue weighted by Crippen LogP contribution is 2.28. The van der Waals surface area contributed by atoms with Crippen LogP contribution in [0.1, 0.15) is 20.3 Å². The summed E-state index contributed by atoms with van der Waals surface area (Å²) in [5.41, 5.74) is 0.668. The molecule has 6 heteroatoms. The third-order valence-corrected chi connectivity index (χ3v) is 3.69. The van der Waals surface area contributed by atoms with E-state index >= 15 is 0 Å². The van der Waals surface area contributed by atoms with Crippen LogP contribution in [-0.4, -0.2) is 18.6 Å². The number of hydrogen-bond acceptors (Lipinski definition) is 3. The fraction of sp³-hybridized carbons (Fsp3) is 0.278. The van der Waals surface area contributed by atoms with Crippen LogP contribution in [0.25, 0.3) is 0 Å². The van der Waals surface area contributed by atoms with Crippen LogP contribution < -0.4 is 14.8 Å². The van der Waals surface area contributed by atoms with E-state index in [-0.39, 0.29) is 5.91 Å². The molecule has 0 bridgehead atoms. The summed E-state index contributed by atoms with van der Waals surface area (Å²) in [5.74, 6) is 0.905. The maximum absolute atomic E-state index is 12.2. The molecule has 0 spiro atoms. The average molecular weight is 368 g/mol. The number of hydrogen-bond donors (Lipinski definition) is 1. The van der Waals surface area contributed by atoms with E-state index in [2.05, 4.69) is 5.32 Å². The van der Waals surface area contributed by atoms with Gasteiger partial charge in [-0.2, -0.15) is 0 Å². The molecule has 4 nitrogen and oxygen atoms in total. The second-order valence-electron chi connectivity index (χ2n) is 5.20. The lowest BCUT2D eigenvalue weighted by Crippen LogP contribution is -2.30. The van der Waals surface area contributed by atoms with Gasteiger partial charge < -0.3 is 14.8 Å². The maximum atomic E-state index is 12.2. The van der Waals surface area contributed by atoms with E-state index in [4.69, 9.17) is 32.7 Å². The van der Waals surface area contributed by atoms with E-state index in [0.29, 0.717) is 28.1 Å². The Morgan fingerprint density at radius 2 is 1.88 bits per heavy atom. The van der Waals surface area contributed by atoms with Gasteiger partial charge in [0.2, 0.25) is 0 Å². The van der Waals surface area contributed by atoms with E-state index < -0.39 is 6.10 Å². The second kappa shape index (κ2) is 8.81. The summed E-state index contributed by atoms with van der Waals surface area (Å²) in [6, 6.07) is 12.0. The Morgan fingerprint density at radius 1 is 1.17 bits per heavy atom. The van der Waals surface area contributed by atoms with Crippen LogP contribution in [0, 0.1) is 0 Å². The quantitative estimate of drug-likeness (QED) is 0.732. The van der Waals surface area contributed by atoms with Gasteiger partial charge in [0.15, 0.2) is 6.10 Å². The molecular weight excluding hydrogens is 349 g/mol. The lowest BCUT2D eigenvalue weighted by Gasteiger charge is -2.16. The molecule has 0 aliphatic carbocycles. The molecule has 1 atom stereocenters. The summed E-state index contributed by atoms with van der Waals surface area (Å²) in [6.07, 6.45) is 0.236. The molecule has 24 heavy (non-hydrogen) atoms. The summed E-state index contributed by atoms with van der Waals surface area (Å²) in [7, 11) is 0. The van der Waals surface area contributed by atoms with E-state index in [9.17, 15) is 4.79 Å². The minimum Gasteiger partial charge on any atom is -0.494 e. The molecule has 1 N–H and O–H groups in total. The Morgan fingerprint density at radius 3 is 2.50 bits per heavy atom. The first-order valence-electron chi connectivity index (χ1n) is 7.65. The zero-order valence-corrected chi connectivity index (χ0v) is 15.0. The second-order valence-corrected chi connectivity index (χ2v) is 6.04. The first-order valence-corrected chi connectivity index (χ1v) is 8.40. The molecule has 0 saturated heterocycles. The molecule has 0 fully saturated rings. The highest BCUT2D eigenvalue weighted by Gasteiger charge is 2.16. The Kier molecular flexibility index (Phi) is 6.76. The SMILES string of the molecule is CCCOc1ccc(NC(=O)[C@H](C)Oc2ccc(Cl)cc2Cl)cc1. The summed E-state index contributed by atoms with van der Waals surface area (Å²) < 4.78 is 11.1. The average Bonchev–Trinajstić information content (AvgIpc) is 2.56. The minimum absolute atomic E-state index is 0.275. The highest BCUT2D eigenvalue weighted by atomic mass is 35.5. The number of halogens is 2.